The Morgan fingerprint density at radius 3 is 2.75 bits per heavy atom. The van der Waals surface area contributed by atoms with Crippen LogP contribution in [0.3, 0.4) is 0 Å². The molecule has 1 aromatic heterocycles. The summed E-state index contributed by atoms with van der Waals surface area (Å²) in [5.41, 5.74) is 4.85. The molecule has 1 rings (SSSR count). The monoisotopic (exact) mass is 170 g/mol. The molecule has 7 heteroatoms. The molecule has 0 bridgehead atoms. The molecule has 5 N–H and O–H groups in total. The van der Waals surface area contributed by atoms with Gasteiger partial charge in [0.25, 0.3) is 5.91 Å². The van der Waals surface area contributed by atoms with Crippen molar-refractivity contribution in [3.63, 3.8) is 0 Å². The highest BCUT2D eigenvalue weighted by atomic mass is 16.4. The second-order valence-electron chi connectivity index (χ2n) is 1.93. The minimum atomic E-state index is -1.26. The van der Waals surface area contributed by atoms with E-state index in [0.717, 1.165) is 0 Å². The Bertz CT molecular complexity index is 318. The quantitative estimate of drug-likeness (QED) is 0.482. The van der Waals surface area contributed by atoms with Crippen LogP contribution >= 0.6 is 0 Å². The number of carbonyl (C=O) groups is 2. The molecule has 0 saturated carbocycles. The third kappa shape index (κ3) is 1.72. The van der Waals surface area contributed by atoms with Gasteiger partial charge in [-0.1, -0.05) is 0 Å². The van der Waals surface area contributed by atoms with Crippen molar-refractivity contribution in [2.45, 2.75) is 0 Å². The summed E-state index contributed by atoms with van der Waals surface area (Å²) in [6, 6.07) is 0. The number of aromatic amines is 1. The van der Waals surface area contributed by atoms with Crippen LogP contribution in [0.1, 0.15) is 10.5 Å². The lowest BCUT2D eigenvalue weighted by atomic mass is 10.5. The molecule has 0 radical (unpaired) electrons. The third-order valence-corrected chi connectivity index (χ3v) is 1.06. The van der Waals surface area contributed by atoms with Gasteiger partial charge in [-0.05, 0) is 0 Å². The van der Waals surface area contributed by atoms with E-state index in [9.17, 15) is 9.59 Å². The van der Waals surface area contributed by atoms with Crippen molar-refractivity contribution in [1.82, 2.24) is 9.97 Å². The second kappa shape index (κ2) is 2.91. The number of imidazole rings is 1. The summed E-state index contributed by atoms with van der Waals surface area (Å²) in [7, 11) is 0. The SMILES string of the molecule is NC(=O)c1c[nH]c(NC(=O)O)n1. The predicted molar refractivity (Wildman–Crippen MR) is 38.8 cm³/mol. The third-order valence-electron chi connectivity index (χ3n) is 1.06. The van der Waals surface area contributed by atoms with Gasteiger partial charge in [0.1, 0.15) is 5.69 Å². The zero-order valence-corrected chi connectivity index (χ0v) is 5.87. The first-order valence-corrected chi connectivity index (χ1v) is 2.95. The molecule has 0 fully saturated rings. The molecule has 0 spiro atoms. The Balaban J connectivity index is 2.77. The number of amides is 2. The molecular formula is C5H6N4O3. The minimum absolute atomic E-state index is 0.0150. The number of aromatic nitrogens is 2. The van der Waals surface area contributed by atoms with E-state index in [2.05, 4.69) is 9.97 Å². The fraction of sp³-hybridized carbons (Fsp3) is 0. The zero-order chi connectivity index (χ0) is 9.14. The highest BCUT2D eigenvalue weighted by Crippen LogP contribution is 2.00. The number of carbonyl (C=O) groups excluding carboxylic acids is 1. The number of primary amides is 1. The highest BCUT2D eigenvalue weighted by Gasteiger charge is 2.06. The maximum absolute atomic E-state index is 10.5. The van der Waals surface area contributed by atoms with Crippen LogP contribution in [0.2, 0.25) is 0 Å². The number of anilines is 1. The number of H-pyrrole nitrogens is 1. The Kier molecular flexibility index (Phi) is 1.95. The zero-order valence-electron chi connectivity index (χ0n) is 5.87. The van der Waals surface area contributed by atoms with Crippen LogP contribution in [0, 0.1) is 0 Å². The van der Waals surface area contributed by atoms with Crippen molar-refractivity contribution in [3.8, 4) is 0 Å². The van der Waals surface area contributed by atoms with Gasteiger partial charge >= 0.3 is 6.09 Å². The summed E-state index contributed by atoms with van der Waals surface area (Å²) in [6.45, 7) is 0. The first kappa shape index (κ1) is 8.05. The molecule has 64 valence electrons. The number of carboxylic acid groups (broad SMARTS) is 1. The van der Waals surface area contributed by atoms with E-state index in [0.29, 0.717) is 0 Å². The first-order chi connectivity index (χ1) is 5.59. The van der Waals surface area contributed by atoms with Gasteiger partial charge in [-0.15, -0.1) is 0 Å². The predicted octanol–water partition coefficient (Wildman–Crippen LogP) is -0.402. The number of nitrogens with two attached hydrogens (primary N) is 1. The van der Waals surface area contributed by atoms with Crippen LogP contribution < -0.4 is 11.1 Å². The molecule has 0 aromatic carbocycles. The maximum Gasteiger partial charge on any atom is 0.411 e. The van der Waals surface area contributed by atoms with Crippen LogP contribution in [0.4, 0.5) is 10.7 Å². The molecule has 0 atom stereocenters. The van der Waals surface area contributed by atoms with E-state index in [1.165, 1.54) is 6.20 Å². The van der Waals surface area contributed by atoms with Crippen LogP contribution in [0.25, 0.3) is 0 Å². The number of hydrogen-bond donors (Lipinski definition) is 4. The minimum Gasteiger partial charge on any atom is -0.465 e. The average Bonchev–Trinajstić information content (AvgIpc) is 2.34. The number of rotatable bonds is 2. The molecule has 0 unspecified atom stereocenters. The lowest BCUT2D eigenvalue weighted by molar-refractivity contribution is 0.0996. The molecule has 1 aromatic rings. The van der Waals surface area contributed by atoms with Crippen molar-refractivity contribution in [2.24, 2.45) is 5.73 Å². The van der Waals surface area contributed by atoms with Crippen LogP contribution in [0.5, 0.6) is 0 Å². The summed E-state index contributed by atoms with van der Waals surface area (Å²) in [6.07, 6.45) is -0.0477. The van der Waals surface area contributed by atoms with E-state index in [1.54, 1.807) is 0 Å². The molecule has 7 nitrogen and oxygen atoms in total. The second-order valence-corrected chi connectivity index (χ2v) is 1.93. The van der Waals surface area contributed by atoms with Gasteiger partial charge in [-0.2, -0.15) is 0 Å². The summed E-state index contributed by atoms with van der Waals surface area (Å²) < 4.78 is 0. The lowest BCUT2D eigenvalue weighted by Gasteiger charge is -1.91. The summed E-state index contributed by atoms with van der Waals surface area (Å²) in [4.78, 5) is 26.5. The Morgan fingerprint density at radius 1 is 1.67 bits per heavy atom. The van der Waals surface area contributed by atoms with Gasteiger partial charge < -0.3 is 15.8 Å². The fourth-order valence-electron chi connectivity index (χ4n) is 0.613. The molecular weight excluding hydrogens is 164 g/mol. The van der Waals surface area contributed by atoms with Gasteiger partial charge in [-0.25, -0.2) is 9.78 Å². The van der Waals surface area contributed by atoms with Crippen LogP contribution in [-0.4, -0.2) is 27.1 Å². The highest BCUT2D eigenvalue weighted by molar-refractivity contribution is 5.91. The number of nitrogens with one attached hydrogen (secondary N) is 2. The molecule has 2 amide bonds. The van der Waals surface area contributed by atoms with E-state index in [-0.39, 0.29) is 11.6 Å². The smallest absolute Gasteiger partial charge is 0.411 e. The van der Waals surface area contributed by atoms with Gasteiger partial charge in [0, 0.05) is 6.20 Å². The summed E-state index contributed by atoms with van der Waals surface area (Å²) in [5.74, 6) is -0.749. The van der Waals surface area contributed by atoms with Crippen molar-refractivity contribution < 1.29 is 14.7 Å². The van der Waals surface area contributed by atoms with Crippen molar-refractivity contribution in [3.05, 3.63) is 11.9 Å². The van der Waals surface area contributed by atoms with E-state index >= 15 is 0 Å². The summed E-state index contributed by atoms with van der Waals surface area (Å²) in [5, 5.41) is 10.1. The van der Waals surface area contributed by atoms with Crippen LogP contribution in [-0.2, 0) is 0 Å². The van der Waals surface area contributed by atoms with Crippen molar-refractivity contribution in [2.75, 3.05) is 5.32 Å². The number of hydrogen-bond acceptors (Lipinski definition) is 3. The van der Waals surface area contributed by atoms with Gasteiger partial charge in [-0.3, -0.25) is 10.1 Å². The van der Waals surface area contributed by atoms with E-state index in [1.807, 2.05) is 5.32 Å². The number of nitrogens with zero attached hydrogens (tertiary/aromatic N) is 1. The molecule has 0 saturated heterocycles. The topological polar surface area (TPSA) is 121 Å². The molecule has 0 aliphatic carbocycles. The lowest BCUT2D eigenvalue weighted by Crippen LogP contribution is -2.12. The van der Waals surface area contributed by atoms with E-state index < -0.39 is 12.0 Å². The van der Waals surface area contributed by atoms with Crippen LogP contribution in [0.15, 0.2) is 6.20 Å². The molecule has 0 aliphatic heterocycles. The standard InChI is InChI=1S/C5H6N4O3/c6-3(10)2-1-7-4(8-2)9-5(11)12/h1H,(H2,6,10)(H,11,12)(H2,7,8,9). The molecule has 0 aliphatic rings. The Morgan fingerprint density at radius 2 is 2.33 bits per heavy atom. The first-order valence-electron chi connectivity index (χ1n) is 2.95. The van der Waals surface area contributed by atoms with Gasteiger partial charge in [0.2, 0.25) is 5.95 Å². The average molecular weight is 170 g/mol. The normalized spacial score (nSPS) is 9.33. The van der Waals surface area contributed by atoms with E-state index in [4.69, 9.17) is 10.8 Å². The van der Waals surface area contributed by atoms with Gasteiger partial charge in [0.05, 0.1) is 0 Å². The van der Waals surface area contributed by atoms with Gasteiger partial charge in [0.15, 0.2) is 0 Å². The molecule has 12 heavy (non-hydrogen) atoms. The fourth-order valence-corrected chi connectivity index (χ4v) is 0.613. The van der Waals surface area contributed by atoms with Crippen molar-refractivity contribution >= 4 is 17.9 Å². The van der Waals surface area contributed by atoms with Crippen molar-refractivity contribution in [1.29, 1.82) is 0 Å². The largest absolute Gasteiger partial charge is 0.465 e. The Hall–Kier alpha value is -2.05. The summed E-state index contributed by atoms with van der Waals surface area (Å²) >= 11 is 0. The molecule has 1 heterocycles. The maximum atomic E-state index is 10.5. The Labute approximate surface area is 66.6 Å².